The lowest BCUT2D eigenvalue weighted by molar-refractivity contribution is 0.353. The second kappa shape index (κ2) is 4.76. The highest BCUT2D eigenvalue weighted by Crippen LogP contribution is 2.29. The lowest BCUT2D eigenvalue weighted by Crippen LogP contribution is -2.07. The molecule has 1 aliphatic rings. The number of rotatable bonds is 2. The minimum absolute atomic E-state index is 0.504. The molecular formula is C17H19N3. The van der Waals surface area contributed by atoms with Crippen LogP contribution in [0.3, 0.4) is 0 Å². The summed E-state index contributed by atoms with van der Waals surface area (Å²) in [6.07, 6.45) is 0. The standard InChI is InChI=1S/C17H19N3/c1-11(18)16-6-5-13(8-17(16)19)12-3-4-14-9-20(2)10-15(14)7-12/h3-8,18H,9-10,19H2,1-2H3. The van der Waals surface area contributed by atoms with Crippen molar-refractivity contribution in [3.8, 4) is 11.1 Å². The van der Waals surface area contributed by atoms with Crippen LogP contribution < -0.4 is 5.73 Å². The molecule has 0 atom stereocenters. The minimum atomic E-state index is 0.504. The molecule has 3 rings (SSSR count). The first kappa shape index (κ1) is 12.9. The number of hydrogen-bond acceptors (Lipinski definition) is 3. The smallest absolute Gasteiger partial charge is 0.0411 e. The summed E-state index contributed by atoms with van der Waals surface area (Å²) in [5, 5.41) is 7.69. The fraction of sp³-hybridized carbons (Fsp3) is 0.235. The number of hydrogen-bond donors (Lipinski definition) is 2. The van der Waals surface area contributed by atoms with E-state index in [0.29, 0.717) is 11.4 Å². The van der Waals surface area contributed by atoms with E-state index < -0.39 is 0 Å². The van der Waals surface area contributed by atoms with Crippen LogP contribution in [0.4, 0.5) is 5.69 Å². The van der Waals surface area contributed by atoms with Crippen LogP contribution in [-0.2, 0) is 13.1 Å². The molecule has 0 aromatic heterocycles. The monoisotopic (exact) mass is 265 g/mol. The maximum atomic E-state index is 7.69. The lowest BCUT2D eigenvalue weighted by Gasteiger charge is -2.09. The average molecular weight is 265 g/mol. The number of nitrogens with two attached hydrogens (primary N) is 1. The molecular weight excluding hydrogens is 246 g/mol. The molecule has 20 heavy (non-hydrogen) atoms. The fourth-order valence-electron chi connectivity index (χ4n) is 2.83. The van der Waals surface area contributed by atoms with Crippen LogP contribution in [-0.4, -0.2) is 17.7 Å². The predicted molar refractivity (Wildman–Crippen MR) is 84.0 cm³/mol. The van der Waals surface area contributed by atoms with Gasteiger partial charge in [0.05, 0.1) is 0 Å². The zero-order chi connectivity index (χ0) is 14.3. The van der Waals surface area contributed by atoms with Crippen LogP contribution in [0.5, 0.6) is 0 Å². The fourth-order valence-corrected chi connectivity index (χ4v) is 2.83. The Morgan fingerprint density at radius 2 is 1.70 bits per heavy atom. The van der Waals surface area contributed by atoms with Gasteiger partial charge in [0.1, 0.15) is 0 Å². The SMILES string of the molecule is CC(=N)c1ccc(-c2ccc3c(c2)CN(C)C3)cc1N. The van der Waals surface area contributed by atoms with Crippen LogP contribution >= 0.6 is 0 Å². The summed E-state index contributed by atoms with van der Waals surface area (Å²) in [6, 6.07) is 12.6. The van der Waals surface area contributed by atoms with E-state index >= 15 is 0 Å². The quantitative estimate of drug-likeness (QED) is 0.647. The highest BCUT2D eigenvalue weighted by molar-refractivity contribution is 6.01. The highest BCUT2D eigenvalue weighted by Gasteiger charge is 2.16. The number of nitrogens with zero attached hydrogens (tertiary/aromatic N) is 1. The third kappa shape index (κ3) is 2.21. The first-order valence-corrected chi connectivity index (χ1v) is 6.80. The summed E-state index contributed by atoms with van der Waals surface area (Å²) >= 11 is 0. The maximum absolute atomic E-state index is 7.69. The van der Waals surface area contributed by atoms with Crippen molar-refractivity contribution >= 4 is 11.4 Å². The van der Waals surface area contributed by atoms with Crippen molar-refractivity contribution in [3.63, 3.8) is 0 Å². The summed E-state index contributed by atoms with van der Waals surface area (Å²) in [4.78, 5) is 2.31. The number of anilines is 1. The Morgan fingerprint density at radius 3 is 2.40 bits per heavy atom. The summed E-state index contributed by atoms with van der Waals surface area (Å²) in [5.74, 6) is 0. The van der Waals surface area contributed by atoms with Crippen molar-refractivity contribution in [1.82, 2.24) is 4.90 Å². The molecule has 0 aliphatic carbocycles. The van der Waals surface area contributed by atoms with Gasteiger partial charge in [0.2, 0.25) is 0 Å². The van der Waals surface area contributed by atoms with E-state index in [9.17, 15) is 0 Å². The van der Waals surface area contributed by atoms with Gasteiger partial charge in [-0.3, -0.25) is 4.90 Å². The number of fused-ring (bicyclic) bond motifs is 1. The Bertz CT molecular complexity index is 689. The van der Waals surface area contributed by atoms with Crippen LogP contribution in [0.1, 0.15) is 23.6 Å². The largest absolute Gasteiger partial charge is 0.398 e. The van der Waals surface area contributed by atoms with E-state index in [1.54, 1.807) is 6.92 Å². The summed E-state index contributed by atoms with van der Waals surface area (Å²) in [6.45, 7) is 3.80. The van der Waals surface area contributed by atoms with Gasteiger partial charge >= 0.3 is 0 Å². The van der Waals surface area contributed by atoms with Gasteiger partial charge in [-0.05, 0) is 48.4 Å². The molecule has 0 unspecified atom stereocenters. The molecule has 0 radical (unpaired) electrons. The Morgan fingerprint density at radius 1 is 1.05 bits per heavy atom. The molecule has 3 nitrogen and oxygen atoms in total. The molecule has 0 amide bonds. The molecule has 102 valence electrons. The zero-order valence-electron chi connectivity index (χ0n) is 11.9. The van der Waals surface area contributed by atoms with Crippen LogP contribution in [0.25, 0.3) is 11.1 Å². The maximum Gasteiger partial charge on any atom is 0.0411 e. The van der Waals surface area contributed by atoms with E-state index in [4.69, 9.17) is 11.1 Å². The molecule has 1 heterocycles. The molecule has 0 saturated heterocycles. The Hall–Kier alpha value is -2.13. The molecule has 1 aliphatic heterocycles. The van der Waals surface area contributed by atoms with Crippen molar-refractivity contribution < 1.29 is 0 Å². The molecule has 3 N–H and O–H groups in total. The van der Waals surface area contributed by atoms with Gasteiger partial charge in [-0.1, -0.05) is 24.3 Å². The molecule has 3 heteroatoms. The molecule has 0 saturated carbocycles. The summed E-state index contributed by atoms with van der Waals surface area (Å²) in [7, 11) is 2.14. The molecule has 2 aromatic rings. The molecule has 0 spiro atoms. The Balaban J connectivity index is 2.00. The third-order valence-corrected chi connectivity index (χ3v) is 3.88. The topological polar surface area (TPSA) is 53.1 Å². The van der Waals surface area contributed by atoms with E-state index in [0.717, 1.165) is 24.2 Å². The van der Waals surface area contributed by atoms with Gasteiger partial charge in [0.15, 0.2) is 0 Å². The minimum Gasteiger partial charge on any atom is -0.398 e. The van der Waals surface area contributed by atoms with Gasteiger partial charge in [0.25, 0.3) is 0 Å². The first-order valence-electron chi connectivity index (χ1n) is 6.80. The number of benzene rings is 2. The Kier molecular flexibility index (Phi) is 3.07. The lowest BCUT2D eigenvalue weighted by atomic mass is 9.98. The summed E-state index contributed by atoms with van der Waals surface area (Å²) < 4.78 is 0. The van der Waals surface area contributed by atoms with Crippen molar-refractivity contribution in [2.24, 2.45) is 0 Å². The van der Waals surface area contributed by atoms with Gasteiger partial charge in [-0.2, -0.15) is 0 Å². The van der Waals surface area contributed by atoms with Crippen molar-refractivity contribution in [2.75, 3.05) is 12.8 Å². The van der Waals surface area contributed by atoms with Gasteiger partial charge in [-0.15, -0.1) is 0 Å². The van der Waals surface area contributed by atoms with E-state index in [1.807, 2.05) is 18.2 Å². The molecule has 0 fully saturated rings. The van der Waals surface area contributed by atoms with Crippen LogP contribution in [0.2, 0.25) is 0 Å². The van der Waals surface area contributed by atoms with Crippen LogP contribution in [0, 0.1) is 5.41 Å². The second-order valence-electron chi connectivity index (χ2n) is 5.58. The first-order chi connectivity index (χ1) is 9.54. The highest BCUT2D eigenvalue weighted by atomic mass is 15.1. The number of nitrogen functional groups attached to an aromatic ring is 1. The van der Waals surface area contributed by atoms with E-state index in [-0.39, 0.29) is 0 Å². The normalized spacial score (nSPS) is 14.3. The second-order valence-corrected chi connectivity index (χ2v) is 5.58. The van der Waals surface area contributed by atoms with Gasteiger partial charge in [-0.25, -0.2) is 0 Å². The molecule has 0 bridgehead atoms. The van der Waals surface area contributed by atoms with Gasteiger partial charge < -0.3 is 11.1 Å². The van der Waals surface area contributed by atoms with Crippen molar-refractivity contribution in [1.29, 1.82) is 5.41 Å². The van der Waals surface area contributed by atoms with Crippen LogP contribution in [0.15, 0.2) is 36.4 Å². The van der Waals surface area contributed by atoms with E-state index in [2.05, 4.69) is 30.1 Å². The molecule has 2 aromatic carbocycles. The third-order valence-electron chi connectivity index (χ3n) is 3.88. The number of nitrogens with one attached hydrogen (secondary N) is 1. The predicted octanol–water partition coefficient (Wildman–Crippen LogP) is 3.27. The van der Waals surface area contributed by atoms with Gasteiger partial charge in [0, 0.05) is 30.1 Å². The zero-order valence-corrected chi connectivity index (χ0v) is 11.9. The van der Waals surface area contributed by atoms with Crippen molar-refractivity contribution in [3.05, 3.63) is 53.1 Å². The summed E-state index contributed by atoms with van der Waals surface area (Å²) in [5.41, 5.74) is 13.2. The average Bonchev–Trinajstić information content (AvgIpc) is 2.77. The Labute approximate surface area is 119 Å². The van der Waals surface area contributed by atoms with E-state index in [1.165, 1.54) is 16.7 Å². The van der Waals surface area contributed by atoms with Crippen molar-refractivity contribution in [2.45, 2.75) is 20.0 Å².